The lowest BCUT2D eigenvalue weighted by molar-refractivity contribution is 0.0692. The van der Waals surface area contributed by atoms with Gasteiger partial charge in [-0.1, -0.05) is 0 Å². The maximum absolute atomic E-state index is 14.1. The van der Waals surface area contributed by atoms with Crippen LogP contribution in [0.5, 0.6) is 0 Å². The van der Waals surface area contributed by atoms with Crippen molar-refractivity contribution in [2.75, 3.05) is 5.32 Å². The quantitative estimate of drug-likeness (QED) is 0.740. The molecular weight excluding hydrogens is 319 g/mol. The fraction of sp³-hybridized carbons (Fsp3) is 0.0714. The molecule has 0 aliphatic heterocycles. The lowest BCUT2D eigenvalue weighted by Gasteiger charge is -2.08. The first-order chi connectivity index (χ1) is 11.5. The molecule has 0 radical (unpaired) electrons. The maximum Gasteiger partial charge on any atom is 0.339 e. The standard InChI is InChI=1S/C14H11FN6O3/c1-20-12(9(5-17-20)14(23)24)13(22)19-8-2-3-11(10(15)4-8)21-7-16-6-18-21/h2-7H,1H3,(H,19,22)(H,23,24). The second-order valence-corrected chi connectivity index (χ2v) is 4.80. The number of anilines is 1. The number of hydrogen-bond donors (Lipinski definition) is 2. The Hall–Kier alpha value is -3.56. The summed E-state index contributed by atoms with van der Waals surface area (Å²) in [4.78, 5) is 27.1. The molecule has 0 aliphatic rings. The van der Waals surface area contributed by atoms with Crippen LogP contribution in [-0.4, -0.2) is 41.5 Å². The average molecular weight is 330 g/mol. The van der Waals surface area contributed by atoms with Gasteiger partial charge in [0.15, 0.2) is 5.82 Å². The Labute approximate surface area is 134 Å². The van der Waals surface area contributed by atoms with E-state index in [0.29, 0.717) is 0 Å². The minimum absolute atomic E-state index is 0.136. The molecule has 2 heterocycles. The molecule has 10 heteroatoms. The molecule has 3 aromatic rings. The summed E-state index contributed by atoms with van der Waals surface area (Å²) in [7, 11) is 1.44. The van der Waals surface area contributed by atoms with Crippen LogP contribution in [0.2, 0.25) is 0 Å². The average Bonchev–Trinajstić information content (AvgIpc) is 3.16. The van der Waals surface area contributed by atoms with Crippen LogP contribution < -0.4 is 5.32 Å². The van der Waals surface area contributed by atoms with Crippen molar-refractivity contribution in [3.05, 3.63) is 54.1 Å². The number of hydrogen-bond acceptors (Lipinski definition) is 5. The van der Waals surface area contributed by atoms with Gasteiger partial charge in [-0.2, -0.15) is 10.2 Å². The number of halogens is 1. The highest BCUT2D eigenvalue weighted by Crippen LogP contribution is 2.18. The molecule has 0 bridgehead atoms. The second kappa shape index (κ2) is 5.91. The van der Waals surface area contributed by atoms with Gasteiger partial charge in [0.1, 0.15) is 29.6 Å². The van der Waals surface area contributed by atoms with E-state index < -0.39 is 17.7 Å². The summed E-state index contributed by atoms with van der Waals surface area (Å²) in [5, 5.41) is 19.1. The molecular formula is C14H11FN6O3. The molecule has 0 saturated heterocycles. The number of amides is 1. The molecule has 24 heavy (non-hydrogen) atoms. The summed E-state index contributed by atoms with van der Waals surface area (Å²) in [6.07, 6.45) is 3.68. The Morgan fingerprint density at radius 1 is 1.29 bits per heavy atom. The molecule has 122 valence electrons. The third kappa shape index (κ3) is 2.72. The Morgan fingerprint density at radius 3 is 2.71 bits per heavy atom. The predicted octanol–water partition coefficient (Wildman–Crippen LogP) is 1.09. The van der Waals surface area contributed by atoms with Crippen molar-refractivity contribution >= 4 is 17.6 Å². The Bertz CT molecular complexity index is 919. The smallest absolute Gasteiger partial charge is 0.339 e. The molecule has 9 nitrogen and oxygen atoms in total. The molecule has 0 saturated carbocycles. The molecule has 0 aliphatic carbocycles. The largest absolute Gasteiger partial charge is 0.478 e. The number of aromatic carboxylic acids is 1. The SMILES string of the molecule is Cn1ncc(C(=O)O)c1C(=O)Nc1ccc(-n2cncn2)c(F)c1. The highest BCUT2D eigenvalue weighted by atomic mass is 19.1. The Balaban J connectivity index is 1.87. The predicted molar refractivity (Wildman–Crippen MR) is 79.4 cm³/mol. The van der Waals surface area contributed by atoms with Crippen LogP contribution in [0.15, 0.2) is 37.1 Å². The van der Waals surface area contributed by atoms with Gasteiger partial charge in [-0.15, -0.1) is 0 Å². The van der Waals surface area contributed by atoms with Crippen molar-refractivity contribution in [3.8, 4) is 5.69 Å². The number of carboxylic acids is 1. The zero-order valence-electron chi connectivity index (χ0n) is 12.3. The number of carbonyl (C=O) groups is 2. The first-order valence-electron chi connectivity index (χ1n) is 6.68. The number of carbonyl (C=O) groups excluding carboxylic acids is 1. The first kappa shape index (κ1) is 15.3. The summed E-state index contributed by atoms with van der Waals surface area (Å²) in [5.74, 6) is -2.61. The maximum atomic E-state index is 14.1. The van der Waals surface area contributed by atoms with Crippen molar-refractivity contribution in [2.45, 2.75) is 0 Å². The number of aryl methyl sites for hydroxylation is 1. The third-order valence-corrected chi connectivity index (χ3v) is 3.26. The molecule has 0 unspecified atom stereocenters. The summed E-state index contributed by atoms with van der Waals surface area (Å²) < 4.78 is 16.5. The van der Waals surface area contributed by atoms with Gasteiger partial charge in [0.05, 0.1) is 6.20 Å². The van der Waals surface area contributed by atoms with Crippen molar-refractivity contribution in [3.63, 3.8) is 0 Å². The molecule has 2 aromatic heterocycles. The van der Waals surface area contributed by atoms with Gasteiger partial charge >= 0.3 is 5.97 Å². The summed E-state index contributed by atoms with van der Waals surface area (Å²) in [6.45, 7) is 0. The van der Waals surface area contributed by atoms with Gasteiger partial charge < -0.3 is 10.4 Å². The first-order valence-corrected chi connectivity index (χ1v) is 6.68. The Kier molecular flexibility index (Phi) is 3.78. The van der Waals surface area contributed by atoms with Gasteiger partial charge in [-0.3, -0.25) is 9.48 Å². The normalized spacial score (nSPS) is 10.6. The van der Waals surface area contributed by atoms with Gasteiger partial charge in [-0.05, 0) is 18.2 Å². The minimum Gasteiger partial charge on any atom is -0.478 e. The lowest BCUT2D eigenvalue weighted by Crippen LogP contribution is -2.19. The molecule has 0 atom stereocenters. The Morgan fingerprint density at radius 2 is 2.08 bits per heavy atom. The van der Waals surface area contributed by atoms with E-state index in [-0.39, 0.29) is 22.6 Å². The number of carboxylic acid groups (broad SMARTS) is 1. The zero-order valence-corrected chi connectivity index (χ0v) is 12.3. The van der Waals surface area contributed by atoms with E-state index in [0.717, 1.165) is 16.9 Å². The van der Waals surface area contributed by atoms with E-state index in [1.54, 1.807) is 0 Å². The van der Waals surface area contributed by atoms with E-state index in [1.807, 2.05) is 0 Å². The molecule has 0 spiro atoms. The monoisotopic (exact) mass is 330 g/mol. The number of benzene rings is 1. The van der Waals surface area contributed by atoms with E-state index in [1.165, 1.54) is 36.5 Å². The van der Waals surface area contributed by atoms with Crippen LogP contribution >= 0.6 is 0 Å². The van der Waals surface area contributed by atoms with Crippen molar-refractivity contribution in [1.29, 1.82) is 0 Å². The fourth-order valence-electron chi connectivity index (χ4n) is 2.16. The number of aromatic nitrogens is 5. The lowest BCUT2D eigenvalue weighted by atomic mass is 10.2. The topological polar surface area (TPSA) is 115 Å². The van der Waals surface area contributed by atoms with E-state index in [4.69, 9.17) is 5.11 Å². The summed E-state index contributed by atoms with van der Waals surface area (Å²) in [6, 6.07) is 3.99. The number of nitrogens with zero attached hydrogens (tertiary/aromatic N) is 5. The molecule has 1 amide bonds. The van der Waals surface area contributed by atoms with Crippen LogP contribution in [0.1, 0.15) is 20.8 Å². The van der Waals surface area contributed by atoms with Crippen LogP contribution in [0, 0.1) is 5.82 Å². The molecule has 1 aromatic carbocycles. The molecule has 3 rings (SSSR count). The summed E-state index contributed by atoms with van der Waals surface area (Å²) in [5.41, 5.74) is -0.0471. The highest BCUT2D eigenvalue weighted by Gasteiger charge is 2.22. The van der Waals surface area contributed by atoms with Gasteiger partial charge in [0.2, 0.25) is 0 Å². The highest BCUT2D eigenvalue weighted by molar-refractivity contribution is 6.09. The van der Waals surface area contributed by atoms with Crippen molar-refractivity contribution in [1.82, 2.24) is 24.5 Å². The van der Waals surface area contributed by atoms with Crippen LogP contribution in [-0.2, 0) is 7.05 Å². The second-order valence-electron chi connectivity index (χ2n) is 4.80. The van der Waals surface area contributed by atoms with Gasteiger partial charge in [0, 0.05) is 12.7 Å². The van der Waals surface area contributed by atoms with Gasteiger partial charge in [0.25, 0.3) is 5.91 Å². The molecule has 0 fully saturated rings. The van der Waals surface area contributed by atoms with Gasteiger partial charge in [-0.25, -0.2) is 18.9 Å². The van der Waals surface area contributed by atoms with E-state index >= 15 is 0 Å². The van der Waals surface area contributed by atoms with Crippen LogP contribution in [0.4, 0.5) is 10.1 Å². The number of rotatable bonds is 4. The zero-order chi connectivity index (χ0) is 17.3. The minimum atomic E-state index is -1.28. The molecule has 2 N–H and O–H groups in total. The van der Waals surface area contributed by atoms with Crippen LogP contribution in [0.25, 0.3) is 5.69 Å². The number of nitrogens with one attached hydrogen (secondary N) is 1. The van der Waals surface area contributed by atoms with Crippen molar-refractivity contribution in [2.24, 2.45) is 7.05 Å². The van der Waals surface area contributed by atoms with Crippen molar-refractivity contribution < 1.29 is 19.1 Å². The summed E-state index contributed by atoms with van der Waals surface area (Å²) >= 11 is 0. The third-order valence-electron chi connectivity index (χ3n) is 3.26. The van der Waals surface area contributed by atoms with E-state index in [2.05, 4.69) is 20.5 Å². The van der Waals surface area contributed by atoms with E-state index in [9.17, 15) is 14.0 Å². The van der Waals surface area contributed by atoms with Crippen LogP contribution in [0.3, 0.4) is 0 Å². The fourth-order valence-corrected chi connectivity index (χ4v) is 2.16.